The Labute approximate surface area is 118 Å². The van der Waals surface area contributed by atoms with Crippen molar-refractivity contribution in [3.05, 3.63) is 47.4 Å². The number of aromatic carboxylic acids is 1. The fourth-order valence-corrected chi connectivity index (χ4v) is 2.05. The van der Waals surface area contributed by atoms with Gasteiger partial charge in [-0.05, 0) is 31.4 Å². The van der Waals surface area contributed by atoms with Crippen molar-refractivity contribution < 1.29 is 9.90 Å². The quantitative estimate of drug-likeness (QED) is 0.903. The van der Waals surface area contributed by atoms with Crippen molar-refractivity contribution in [2.75, 3.05) is 0 Å². The van der Waals surface area contributed by atoms with Gasteiger partial charge in [-0.1, -0.05) is 37.6 Å². The van der Waals surface area contributed by atoms with Crippen LogP contribution in [0.25, 0.3) is 11.3 Å². The van der Waals surface area contributed by atoms with Crippen molar-refractivity contribution in [1.82, 2.24) is 9.97 Å². The van der Waals surface area contributed by atoms with Gasteiger partial charge >= 0.3 is 5.97 Å². The predicted octanol–water partition coefficient (Wildman–Crippen LogP) is 3.49. The molecule has 0 atom stereocenters. The molecule has 1 aromatic carbocycles. The molecule has 0 saturated carbocycles. The molecule has 0 radical (unpaired) electrons. The van der Waals surface area contributed by atoms with Crippen LogP contribution in [0.1, 0.15) is 41.6 Å². The lowest BCUT2D eigenvalue weighted by molar-refractivity contribution is 0.0690. The molecule has 1 aromatic heterocycles. The third kappa shape index (κ3) is 3.41. The van der Waals surface area contributed by atoms with Crippen molar-refractivity contribution in [2.45, 2.75) is 33.1 Å². The first-order valence-corrected chi connectivity index (χ1v) is 6.78. The van der Waals surface area contributed by atoms with Gasteiger partial charge in [0.2, 0.25) is 0 Å². The van der Waals surface area contributed by atoms with Crippen molar-refractivity contribution in [1.29, 1.82) is 0 Å². The molecule has 20 heavy (non-hydrogen) atoms. The maximum absolute atomic E-state index is 11.0. The van der Waals surface area contributed by atoms with Crippen LogP contribution >= 0.6 is 0 Å². The van der Waals surface area contributed by atoms with Crippen LogP contribution in [0.2, 0.25) is 0 Å². The fraction of sp³-hybridized carbons (Fsp3) is 0.312. The Morgan fingerprint density at radius 2 is 1.90 bits per heavy atom. The molecule has 4 nitrogen and oxygen atoms in total. The number of carboxylic acid groups (broad SMARTS) is 1. The number of nitrogens with zero attached hydrogens (tertiary/aromatic N) is 2. The van der Waals surface area contributed by atoms with Gasteiger partial charge in [0.05, 0.1) is 5.69 Å². The van der Waals surface area contributed by atoms with E-state index in [4.69, 9.17) is 5.11 Å². The lowest BCUT2D eigenvalue weighted by Crippen LogP contribution is -2.04. The first-order valence-electron chi connectivity index (χ1n) is 6.78. The van der Waals surface area contributed by atoms with Crippen LogP contribution in [-0.2, 0) is 6.42 Å². The van der Waals surface area contributed by atoms with E-state index in [0.29, 0.717) is 11.5 Å². The van der Waals surface area contributed by atoms with Crippen LogP contribution in [0.15, 0.2) is 30.3 Å². The minimum absolute atomic E-state index is 0.0301. The molecule has 0 saturated heterocycles. The molecule has 104 valence electrons. The van der Waals surface area contributed by atoms with E-state index in [1.54, 1.807) is 6.92 Å². The van der Waals surface area contributed by atoms with Gasteiger partial charge in [0.15, 0.2) is 5.69 Å². The highest BCUT2D eigenvalue weighted by Gasteiger charge is 2.09. The third-order valence-electron chi connectivity index (χ3n) is 3.13. The number of hydrogen-bond donors (Lipinski definition) is 1. The Bertz CT molecular complexity index is 606. The van der Waals surface area contributed by atoms with Crippen LogP contribution in [0.4, 0.5) is 0 Å². The average Bonchev–Trinajstić information content (AvgIpc) is 2.45. The van der Waals surface area contributed by atoms with Gasteiger partial charge in [-0.25, -0.2) is 14.8 Å². The molecule has 0 aliphatic carbocycles. The molecule has 0 unspecified atom stereocenters. The van der Waals surface area contributed by atoms with E-state index < -0.39 is 5.97 Å². The Hall–Kier alpha value is -2.23. The molecule has 4 heteroatoms. The van der Waals surface area contributed by atoms with E-state index in [9.17, 15) is 4.79 Å². The summed E-state index contributed by atoms with van der Waals surface area (Å²) in [6.45, 7) is 3.87. The van der Waals surface area contributed by atoms with Gasteiger partial charge in [-0.15, -0.1) is 0 Å². The summed E-state index contributed by atoms with van der Waals surface area (Å²) in [5.41, 5.74) is 2.89. The minimum atomic E-state index is -1.03. The molecule has 1 N–H and O–H groups in total. The molecule has 0 spiro atoms. The van der Waals surface area contributed by atoms with E-state index in [1.807, 2.05) is 12.1 Å². The Balaban J connectivity index is 2.29. The van der Waals surface area contributed by atoms with E-state index in [0.717, 1.165) is 12.0 Å². The summed E-state index contributed by atoms with van der Waals surface area (Å²) in [4.78, 5) is 19.2. The lowest BCUT2D eigenvalue weighted by atomic mass is 10.0. The zero-order valence-corrected chi connectivity index (χ0v) is 11.8. The van der Waals surface area contributed by atoms with E-state index in [1.165, 1.54) is 24.5 Å². The van der Waals surface area contributed by atoms with Crippen LogP contribution in [-0.4, -0.2) is 21.0 Å². The number of benzene rings is 1. The molecule has 0 aliphatic rings. The zero-order chi connectivity index (χ0) is 14.5. The average molecular weight is 270 g/mol. The zero-order valence-electron chi connectivity index (χ0n) is 11.8. The molecule has 2 rings (SSSR count). The SMILES string of the molecule is CCCCc1ccc(-c2cc(C(=O)O)nc(C)n2)cc1. The molecule has 0 amide bonds. The summed E-state index contributed by atoms with van der Waals surface area (Å²) in [6, 6.07) is 9.62. The van der Waals surface area contributed by atoms with E-state index in [2.05, 4.69) is 29.0 Å². The molecule has 0 bridgehead atoms. The van der Waals surface area contributed by atoms with Crippen molar-refractivity contribution >= 4 is 5.97 Å². The van der Waals surface area contributed by atoms with Gasteiger partial charge in [0.1, 0.15) is 5.82 Å². The number of aromatic nitrogens is 2. The van der Waals surface area contributed by atoms with Gasteiger partial charge in [0.25, 0.3) is 0 Å². The topological polar surface area (TPSA) is 63.1 Å². The second kappa shape index (κ2) is 6.28. The normalized spacial score (nSPS) is 10.5. The summed E-state index contributed by atoms with van der Waals surface area (Å²) in [5.74, 6) is -0.564. The highest BCUT2D eigenvalue weighted by molar-refractivity contribution is 5.86. The summed E-state index contributed by atoms with van der Waals surface area (Å²) >= 11 is 0. The molecular formula is C16H18N2O2. The lowest BCUT2D eigenvalue weighted by Gasteiger charge is -2.05. The predicted molar refractivity (Wildman–Crippen MR) is 77.8 cm³/mol. The third-order valence-corrected chi connectivity index (χ3v) is 3.13. The Kier molecular flexibility index (Phi) is 4.45. The molecule has 1 heterocycles. The largest absolute Gasteiger partial charge is 0.477 e. The summed E-state index contributed by atoms with van der Waals surface area (Å²) in [6.07, 6.45) is 3.42. The summed E-state index contributed by atoms with van der Waals surface area (Å²) in [5, 5.41) is 9.03. The number of carbonyl (C=O) groups is 1. The minimum Gasteiger partial charge on any atom is -0.477 e. The maximum Gasteiger partial charge on any atom is 0.354 e. The summed E-state index contributed by atoms with van der Waals surface area (Å²) < 4.78 is 0. The molecule has 0 aliphatic heterocycles. The first-order chi connectivity index (χ1) is 9.60. The second-order valence-corrected chi connectivity index (χ2v) is 4.79. The fourth-order valence-electron chi connectivity index (χ4n) is 2.05. The first kappa shape index (κ1) is 14.2. The van der Waals surface area contributed by atoms with Crippen molar-refractivity contribution in [2.24, 2.45) is 0 Å². The van der Waals surface area contributed by atoms with Crippen LogP contribution < -0.4 is 0 Å². The molecule has 0 fully saturated rings. The van der Waals surface area contributed by atoms with E-state index >= 15 is 0 Å². The van der Waals surface area contributed by atoms with Crippen molar-refractivity contribution in [3.8, 4) is 11.3 Å². The number of unbranched alkanes of at least 4 members (excludes halogenated alkanes) is 1. The highest BCUT2D eigenvalue weighted by Crippen LogP contribution is 2.19. The molecule has 2 aromatic rings. The maximum atomic E-state index is 11.0. The van der Waals surface area contributed by atoms with Crippen LogP contribution in [0.5, 0.6) is 0 Å². The van der Waals surface area contributed by atoms with Gasteiger partial charge in [-0.3, -0.25) is 0 Å². The standard InChI is InChI=1S/C16H18N2O2/c1-3-4-5-12-6-8-13(9-7-12)14-10-15(16(19)20)18-11(2)17-14/h6-10H,3-5H2,1-2H3,(H,19,20). The van der Waals surface area contributed by atoms with E-state index in [-0.39, 0.29) is 5.69 Å². The van der Waals surface area contributed by atoms with Crippen LogP contribution in [0, 0.1) is 6.92 Å². The smallest absolute Gasteiger partial charge is 0.354 e. The number of rotatable bonds is 5. The summed E-state index contributed by atoms with van der Waals surface area (Å²) in [7, 11) is 0. The van der Waals surface area contributed by atoms with Gasteiger partial charge in [-0.2, -0.15) is 0 Å². The Morgan fingerprint density at radius 1 is 1.20 bits per heavy atom. The number of carboxylic acids is 1. The number of hydrogen-bond acceptors (Lipinski definition) is 3. The van der Waals surface area contributed by atoms with Crippen LogP contribution in [0.3, 0.4) is 0 Å². The second-order valence-electron chi connectivity index (χ2n) is 4.79. The number of aryl methyl sites for hydroxylation is 2. The van der Waals surface area contributed by atoms with Crippen molar-refractivity contribution in [3.63, 3.8) is 0 Å². The van der Waals surface area contributed by atoms with Gasteiger partial charge < -0.3 is 5.11 Å². The van der Waals surface area contributed by atoms with Gasteiger partial charge in [0, 0.05) is 5.56 Å². The monoisotopic (exact) mass is 270 g/mol. The highest BCUT2D eigenvalue weighted by atomic mass is 16.4. The molecular weight excluding hydrogens is 252 g/mol. The Morgan fingerprint density at radius 3 is 2.50 bits per heavy atom.